The van der Waals surface area contributed by atoms with E-state index in [1.54, 1.807) is 55.6 Å². The molecule has 2 aliphatic heterocycles. The molecule has 1 fully saturated rings. The zero-order valence-electron chi connectivity index (χ0n) is 24.2. The normalized spacial score (nSPS) is 20.3. The summed E-state index contributed by atoms with van der Waals surface area (Å²) in [5, 5.41) is 3.33. The summed E-state index contributed by atoms with van der Waals surface area (Å²) in [7, 11) is 1.15. The molecule has 1 aromatic heterocycles. The number of rotatable bonds is 8. The molecule has 4 N–H and O–H groups in total. The number of nitrogens with zero attached hydrogens (tertiary/aromatic N) is 3. The predicted molar refractivity (Wildman–Crippen MR) is 151 cm³/mol. The van der Waals surface area contributed by atoms with E-state index in [9.17, 15) is 13.2 Å². The van der Waals surface area contributed by atoms with Gasteiger partial charge in [0.1, 0.15) is 29.0 Å². The van der Waals surface area contributed by atoms with Crippen LogP contribution in [0.2, 0.25) is 0 Å². The van der Waals surface area contributed by atoms with Crippen LogP contribution in [-0.2, 0) is 14.8 Å². The standard InChI is InChI=1S/C23H35N6O4S.3CH3.Ce/c1-15(2)18(13-24-6)34(31,32)27-22(30)17-8-9-19(29-11-10-20(26-29)33-7)25-21(17)28-14-16(3)12-23(28,4)5;;;;/h8-11,13,15-16,20,24,26H,7,12,14H2,1-6H3,(H,27,30);3*1H3;/q4*-1;+4/p+1/b18-13+;;;;/t16-,20?;;;;/m0..../s1. The summed E-state index contributed by atoms with van der Waals surface area (Å²) < 4.78 is 33.3. The summed E-state index contributed by atoms with van der Waals surface area (Å²) in [6.07, 6.45) is 5.60. The van der Waals surface area contributed by atoms with Crippen LogP contribution in [0.3, 0.4) is 0 Å². The largest absolute Gasteiger partial charge is 4.00 e. The maximum atomic E-state index is 13.3. The third kappa shape index (κ3) is 8.70. The molecule has 1 saturated heterocycles. The number of pyridine rings is 1. The maximum Gasteiger partial charge on any atom is 4.00 e. The molecule has 1 aromatic rings. The first-order chi connectivity index (χ1) is 15.9. The Kier molecular flexibility index (Phi) is 16.1. The quantitative estimate of drug-likeness (QED) is 0.360. The number of allylic oxidation sites excluding steroid dienone is 1. The van der Waals surface area contributed by atoms with Gasteiger partial charge >= 0.3 is 41.7 Å². The molecule has 12 heteroatoms. The van der Waals surface area contributed by atoms with Crippen LogP contribution in [0.4, 0.5) is 11.6 Å². The van der Waals surface area contributed by atoms with Crippen molar-refractivity contribution in [1.82, 2.24) is 15.1 Å². The summed E-state index contributed by atoms with van der Waals surface area (Å²) in [6.45, 7) is 10.6. The van der Waals surface area contributed by atoms with E-state index in [4.69, 9.17) is 9.72 Å². The fraction of sp³-hybridized carbons (Fsp3) is 0.462. The van der Waals surface area contributed by atoms with E-state index in [-0.39, 0.29) is 86.0 Å². The summed E-state index contributed by atoms with van der Waals surface area (Å²) in [5.74, 6) is 0.381. The number of quaternary nitrogens is 1. The molecule has 0 saturated carbocycles. The predicted octanol–water partition coefficient (Wildman–Crippen LogP) is 2.78. The number of sulfonamides is 1. The molecule has 3 rings (SSSR count). The van der Waals surface area contributed by atoms with Gasteiger partial charge in [0.05, 0.1) is 12.6 Å². The fourth-order valence-corrected chi connectivity index (χ4v) is 5.94. The minimum atomic E-state index is -4.02. The monoisotopic (exact) mass is 677 g/mol. The second-order valence-corrected chi connectivity index (χ2v) is 11.4. The smallest absolute Gasteiger partial charge is 0.538 e. The Labute approximate surface area is 264 Å². The number of amides is 1. The van der Waals surface area contributed by atoms with Crippen molar-refractivity contribution in [2.45, 2.75) is 52.8 Å². The molecule has 38 heavy (non-hydrogen) atoms. The number of aromatic nitrogens is 1. The van der Waals surface area contributed by atoms with Crippen LogP contribution in [0.25, 0.3) is 0 Å². The molecule has 10 nitrogen and oxygen atoms in total. The Morgan fingerprint density at radius 2 is 1.95 bits per heavy atom. The Hall–Kier alpha value is -1.09. The summed E-state index contributed by atoms with van der Waals surface area (Å²) in [6, 6.07) is 3.28. The van der Waals surface area contributed by atoms with Crippen molar-refractivity contribution in [3.8, 4) is 0 Å². The summed E-state index contributed by atoms with van der Waals surface area (Å²) in [5.41, 5.74) is 3.02. The number of ether oxygens (including phenoxy) is 1. The van der Waals surface area contributed by atoms with E-state index < -0.39 is 22.2 Å². The second-order valence-electron chi connectivity index (χ2n) is 9.69. The summed E-state index contributed by atoms with van der Waals surface area (Å²) in [4.78, 5) is 20.3. The topological polar surface area (TPSA) is 120 Å². The molecule has 0 bridgehead atoms. The van der Waals surface area contributed by atoms with Crippen molar-refractivity contribution >= 4 is 27.6 Å². The number of nitrogens with two attached hydrogens (primary N) is 1. The third-order valence-electron chi connectivity index (χ3n) is 5.97. The number of anilines is 2. The molecule has 1 amide bonds. The van der Waals surface area contributed by atoms with Crippen LogP contribution in [0, 0.1) is 83.0 Å². The molecule has 3 heterocycles. The number of hydrogen-bond donors (Lipinski definition) is 3. The van der Waals surface area contributed by atoms with Gasteiger partial charge in [-0.15, -0.1) is 0 Å². The van der Waals surface area contributed by atoms with Crippen molar-refractivity contribution in [1.29, 1.82) is 0 Å². The van der Waals surface area contributed by atoms with Crippen LogP contribution < -0.4 is 25.4 Å². The van der Waals surface area contributed by atoms with Crippen LogP contribution in [0.1, 0.15) is 51.4 Å². The second kappa shape index (κ2) is 15.6. The molecule has 0 radical (unpaired) electrons. The average Bonchev–Trinajstić information content (AvgIpc) is 3.33. The first kappa shape index (κ1) is 39.1. The number of hydrazine groups is 1. The fourth-order valence-electron chi connectivity index (χ4n) is 4.53. The van der Waals surface area contributed by atoms with E-state index in [0.29, 0.717) is 24.1 Å². The molecular formula is C26H45CeN6O4S+. The van der Waals surface area contributed by atoms with E-state index in [2.05, 4.69) is 42.9 Å². The molecular weight excluding hydrogens is 633 g/mol. The molecule has 2 aliphatic rings. The molecule has 2 atom stereocenters. The Morgan fingerprint density at radius 1 is 1.32 bits per heavy atom. The van der Waals surface area contributed by atoms with Gasteiger partial charge in [-0.3, -0.25) is 9.80 Å². The molecule has 212 valence electrons. The van der Waals surface area contributed by atoms with Crippen LogP contribution in [0.5, 0.6) is 0 Å². The first-order valence-corrected chi connectivity index (χ1v) is 12.9. The SMILES string of the molecule is [CH2-]OC1C=CN(c2ccc(C(=O)NS(=O)(=O)/C(=C/[NH2+]C)C(C)C)c(N3C[C@@H](C)CC3(C)C)n2)N1.[CH3-].[CH3-].[CH3-].[Ce+4]. The number of hydrogen-bond acceptors (Lipinski definition) is 8. The van der Waals surface area contributed by atoms with Gasteiger partial charge in [0.2, 0.25) is 0 Å². The van der Waals surface area contributed by atoms with E-state index in [0.717, 1.165) is 6.42 Å². The van der Waals surface area contributed by atoms with Gasteiger partial charge in [-0.2, -0.15) is 5.43 Å². The number of carbonyl (C=O) groups excluding carboxylic acids is 1. The summed E-state index contributed by atoms with van der Waals surface area (Å²) >= 11 is 0. The number of nitrogens with one attached hydrogen (secondary N) is 2. The Bertz CT molecular complexity index is 1090. The first-order valence-electron chi connectivity index (χ1n) is 11.4. The maximum absolute atomic E-state index is 13.3. The Morgan fingerprint density at radius 3 is 2.42 bits per heavy atom. The number of carbonyl (C=O) groups is 1. The van der Waals surface area contributed by atoms with Gasteiger partial charge in [0, 0.05) is 18.3 Å². The zero-order valence-corrected chi connectivity index (χ0v) is 28.2. The van der Waals surface area contributed by atoms with Crippen molar-refractivity contribution in [3.05, 3.63) is 70.5 Å². The minimum Gasteiger partial charge on any atom is -0.538 e. The van der Waals surface area contributed by atoms with E-state index in [1.807, 2.05) is 0 Å². The Balaban J connectivity index is 0. The van der Waals surface area contributed by atoms with Crippen LogP contribution >= 0.6 is 0 Å². The van der Waals surface area contributed by atoms with E-state index >= 15 is 0 Å². The van der Waals surface area contributed by atoms with Crippen LogP contribution in [0.15, 0.2) is 35.5 Å². The van der Waals surface area contributed by atoms with Gasteiger partial charge in [-0.25, -0.2) is 25.2 Å². The van der Waals surface area contributed by atoms with Gasteiger partial charge < -0.3 is 37.2 Å². The molecule has 0 spiro atoms. The molecule has 0 aromatic carbocycles. The zero-order chi connectivity index (χ0) is 25.3. The minimum absolute atomic E-state index is 0. The van der Waals surface area contributed by atoms with Crippen molar-refractivity contribution in [2.75, 3.05) is 23.5 Å². The van der Waals surface area contributed by atoms with Gasteiger partial charge in [0.15, 0.2) is 0 Å². The van der Waals surface area contributed by atoms with Gasteiger partial charge in [0.25, 0.3) is 15.9 Å². The third-order valence-corrected chi connectivity index (χ3v) is 7.66. The van der Waals surface area contributed by atoms with Crippen LogP contribution in [-0.4, -0.2) is 44.7 Å². The van der Waals surface area contributed by atoms with Gasteiger partial charge in [-0.1, -0.05) is 20.8 Å². The van der Waals surface area contributed by atoms with Crippen molar-refractivity contribution in [2.24, 2.45) is 11.8 Å². The average molecular weight is 678 g/mol. The van der Waals surface area contributed by atoms with Crippen molar-refractivity contribution < 1.29 is 65.0 Å². The molecule has 0 aliphatic carbocycles. The molecule has 1 unspecified atom stereocenters. The van der Waals surface area contributed by atoms with Gasteiger partial charge in [-0.05, 0) is 50.3 Å². The van der Waals surface area contributed by atoms with Crippen molar-refractivity contribution in [3.63, 3.8) is 0 Å². The van der Waals surface area contributed by atoms with E-state index in [1.165, 1.54) is 6.20 Å².